The van der Waals surface area contributed by atoms with Gasteiger partial charge in [-0.2, -0.15) is 0 Å². The summed E-state index contributed by atoms with van der Waals surface area (Å²) in [5.41, 5.74) is 1.23. The average Bonchev–Trinajstić information content (AvgIpc) is 2.91. The van der Waals surface area contributed by atoms with Crippen LogP contribution in [0.5, 0.6) is 11.5 Å². The van der Waals surface area contributed by atoms with Gasteiger partial charge in [-0.25, -0.2) is 0 Å². The number of hydrogen-bond acceptors (Lipinski definition) is 6. The molecular weight excluding hydrogens is 346 g/mol. The maximum Gasteiger partial charge on any atom is 0.269 e. The zero-order valence-electron chi connectivity index (χ0n) is 13.5. The third-order valence-corrected chi connectivity index (χ3v) is 6.80. The molecule has 0 bridgehead atoms. The second kappa shape index (κ2) is 6.45. The summed E-state index contributed by atoms with van der Waals surface area (Å²) < 4.78 is 17.2. The Balaban J connectivity index is 1.82. The fourth-order valence-electron chi connectivity index (χ4n) is 2.23. The number of thioether (sulfide) groups is 1. The molecule has 0 saturated heterocycles. The van der Waals surface area contributed by atoms with Crippen molar-refractivity contribution < 1.29 is 13.7 Å². The predicted octanol–water partition coefficient (Wildman–Crippen LogP) is 2.80. The molecule has 1 amide bonds. The minimum Gasteiger partial charge on any atom is -0.457 e. The van der Waals surface area contributed by atoms with Crippen LogP contribution < -0.4 is 15.4 Å². The van der Waals surface area contributed by atoms with E-state index in [1.54, 1.807) is 25.4 Å². The third-order valence-electron chi connectivity index (χ3n) is 3.59. The number of benzene rings is 1. The van der Waals surface area contributed by atoms with E-state index in [2.05, 4.69) is 15.6 Å². The van der Waals surface area contributed by atoms with Gasteiger partial charge in [-0.1, -0.05) is 11.8 Å². The smallest absolute Gasteiger partial charge is 0.269 e. The van der Waals surface area contributed by atoms with Crippen LogP contribution in [0.2, 0.25) is 0 Å². The van der Waals surface area contributed by atoms with Crippen molar-refractivity contribution in [1.82, 2.24) is 10.3 Å². The molecule has 2 N–H and O–H groups in total. The van der Waals surface area contributed by atoms with Gasteiger partial charge in [0.25, 0.3) is 5.91 Å². The minimum atomic E-state index is -1.03. The number of carbonyl (C=O) groups is 1. The molecule has 1 aliphatic heterocycles. The van der Waals surface area contributed by atoms with Crippen LogP contribution >= 0.6 is 11.8 Å². The quantitative estimate of drug-likeness (QED) is 0.869. The molecule has 2 atom stereocenters. The van der Waals surface area contributed by atoms with Gasteiger partial charge in [-0.05, 0) is 31.2 Å². The van der Waals surface area contributed by atoms with Crippen molar-refractivity contribution in [2.24, 2.45) is 0 Å². The first-order chi connectivity index (χ1) is 11.4. The molecule has 8 heteroatoms. The van der Waals surface area contributed by atoms with Gasteiger partial charge in [-0.15, -0.1) is 0 Å². The van der Waals surface area contributed by atoms with E-state index >= 15 is 0 Å². The number of aromatic nitrogens is 1. The number of fused-ring (bicyclic) bond motifs is 1. The number of hydrogen-bond donors (Lipinski definition) is 2. The van der Waals surface area contributed by atoms with Crippen LogP contribution in [-0.4, -0.2) is 32.6 Å². The molecule has 126 valence electrons. The number of amides is 1. The van der Waals surface area contributed by atoms with Crippen LogP contribution in [0, 0.1) is 0 Å². The first-order valence-electron chi connectivity index (χ1n) is 7.22. The summed E-state index contributed by atoms with van der Waals surface area (Å²) in [4.78, 5) is 16.6. The lowest BCUT2D eigenvalue weighted by Crippen LogP contribution is -2.31. The van der Waals surface area contributed by atoms with Gasteiger partial charge in [0, 0.05) is 36.1 Å². The van der Waals surface area contributed by atoms with Crippen LogP contribution in [0.15, 0.2) is 41.4 Å². The van der Waals surface area contributed by atoms with E-state index in [9.17, 15) is 9.00 Å². The molecule has 1 aromatic heterocycles. The largest absolute Gasteiger partial charge is 0.457 e. The lowest BCUT2D eigenvalue weighted by atomic mass is 10.3. The van der Waals surface area contributed by atoms with Gasteiger partial charge in [-0.3, -0.25) is 14.0 Å². The van der Waals surface area contributed by atoms with Crippen LogP contribution in [0.4, 0.5) is 5.69 Å². The molecule has 6 nitrogen and oxygen atoms in total. The molecule has 2 unspecified atom stereocenters. The molecular formula is C16H17N3O3S2. The Morgan fingerprint density at radius 2 is 2.08 bits per heavy atom. The molecule has 3 rings (SSSR count). The van der Waals surface area contributed by atoms with Crippen molar-refractivity contribution in [2.75, 3.05) is 18.6 Å². The first kappa shape index (κ1) is 16.8. The molecule has 0 saturated carbocycles. The number of pyridine rings is 1. The molecule has 0 aliphatic carbocycles. The van der Waals surface area contributed by atoms with Crippen molar-refractivity contribution in [3.63, 3.8) is 0 Å². The molecule has 0 spiro atoms. The number of nitrogens with zero attached hydrogens (tertiary/aromatic N) is 1. The van der Waals surface area contributed by atoms with Crippen LogP contribution in [0.25, 0.3) is 0 Å². The summed E-state index contributed by atoms with van der Waals surface area (Å²) in [5.74, 6) is 0.903. The number of rotatable bonds is 4. The van der Waals surface area contributed by atoms with E-state index in [0.717, 1.165) is 10.6 Å². The molecule has 2 aromatic rings. The highest BCUT2D eigenvalue weighted by Gasteiger charge is 2.37. The summed E-state index contributed by atoms with van der Waals surface area (Å²) in [5, 5.41) is 5.81. The highest BCUT2D eigenvalue weighted by Crippen LogP contribution is 2.48. The van der Waals surface area contributed by atoms with Crippen molar-refractivity contribution in [2.45, 2.75) is 16.0 Å². The first-order valence-corrected chi connectivity index (χ1v) is 9.59. The summed E-state index contributed by atoms with van der Waals surface area (Å²) in [7, 11) is 0.524. The van der Waals surface area contributed by atoms with Gasteiger partial charge in [0.05, 0.1) is 10.8 Å². The highest BCUT2D eigenvalue weighted by molar-refractivity contribution is 8.12. The summed E-state index contributed by atoms with van der Waals surface area (Å²) in [6, 6.07) is 8.90. The predicted molar refractivity (Wildman–Crippen MR) is 96.1 cm³/mol. The van der Waals surface area contributed by atoms with Gasteiger partial charge in [0.1, 0.15) is 17.2 Å². The van der Waals surface area contributed by atoms with Crippen molar-refractivity contribution in [3.8, 4) is 11.5 Å². The lowest BCUT2D eigenvalue weighted by Gasteiger charge is -2.20. The molecule has 0 radical (unpaired) electrons. The molecule has 0 fully saturated rings. The normalized spacial score (nSPS) is 20.0. The second-order valence-corrected chi connectivity index (χ2v) is 8.79. The molecule has 24 heavy (non-hydrogen) atoms. The summed E-state index contributed by atoms with van der Waals surface area (Å²) in [6.45, 7) is 1.91. The van der Waals surface area contributed by atoms with Crippen LogP contribution in [0.3, 0.4) is 0 Å². The second-order valence-electron chi connectivity index (χ2n) is 5.34. The minimum absolute atomic E-state index is 0.268. The Bertz CT molecular complexity index is 828. The number of ether oxygens (including phenoxy) is 1. The topological polar surface area (TPSA) is 80.3 Å². The Kier molecular flexibility index (Phi) is 4.51. The van der Waals surface area contributed by atoms with Crippen molar-refractivity contribution in [3.05, 3.63) is 42.2 Å². The van der Waals surface area contributed by atoms with Gasteiger partial charge >= 0.3 is 0 Å². The Morgan fingerprint density at radius 1 is 1.33 bits per heavy atom. The molecule has 2 heterocycles. The molecule has 1 aliphatic rings. The third kappa shape index (κ3) is 3.25. The van der Waals surface area contributed by atoms with Crippen LogP contribution in [0.1, 0.15) is 17.4 Å². The maximum atomic E-state index is 11.9. The number of nitrogens with one attached hydrogen (secondary N) is 2. The average molecular weight is 363 g/mol. The van der Waals surface area contributed by atoms with Crippen LogP contribution in [-0.2, 0) is 10.8 Å². The van der Waals surface area contributed by atoms with Gasteiger partial charge in [0.2, 0.25) is 0 Å². The standard InChI is InChI=1S/C16H17N3O3S2/c1-16(24(3)21)19-12-5-4-10(9-14(12)23-16)22-11-6-7-18-13(8-11)15(20)17-2/h4-9,19H,1-3H3,(H,17,20). The Morgan fingerprint density at radius 3 is 2.79 bits per heavy atom. The van der Waals surface area contributed by atoms with E-state index in [-0.39, 0.29) is 5.91 Å². The summed E-state index contributed by atoms with van der Waals surface area (Å²) in [6.07, 6.45) is 3.21. The van der Waals surface area contributed by atoms with Gasteiger partial charge in [0.15, 0.2) is 4.20 Å². The van der Waals surface area contributed by atoms with E-state index < -0.39 is 15.0 Å². The van der Waals surface area contributed by atoms with Crippen molar-refractivity contribution in [1.29, 1.82) is 0 Å². The number of anilines is 1. The van der Waals surface area contributed by atoms with Crippen molar-refractivity contribution >= 4 is 34.2 Å². The molecule has 1 aromatic carbocycles. The van der Waals surface area contributed by atoms with Gasteiger partial charge < -0.3 is 15.4 Å². The van der Waals surface area contributed by atoms with E-state index in [1.165, 1.54) is 18.0 Å². The fraction of sp³-hybridized carbons (Fsp3) is 0.250. The zero-order chi connectivity index (χ0) is 17.3. The highest BCUT2D eigenvalue weighted by atomic mass is 32.2. The van der Waals surface area contributed by atoms with E-state index in [1.807, 2.05) is 25.1 Å². The maximum absolute atomic E-state index is 11.9. The van der Waals surface area contributed by atoms with E-state index in [0.29, 0.717) is 17.2 Å². The summed E-state index contributed by atoms with van der Waals surface area (Å²) >= 11 is 1.52. The fourth-order valence-corrected chi connectivity index (χ4v) is 4.20. The van der Waals surface area contributed by atoms with E-state index in [4.69, 9.17) is 4.74 Å². The Labute approximate surface area is 146 Å². The number of carbonyl (C=O) groups excluding carboxylic acids is 1. The Hall–Kier alpha value is -2.06. The SMILES string of the molecule is CNC(=O)c1cc(Oc2ccc3c(c2)SC(C)(S(C)=O)N3)ccn1. The monoisotopic (exact) mass is 363 g/mol. The zero-order valence-corrected chi connectivity index (χ0v) is 15.1. The lowest BCUT2D eigenvalue weighted by molar-refractivity contribution is 0.0958.